The van der Waals surface area contributed by atoms with Gasteiger partial charge in [-0.15, -0.1) is 0 Å². The maximum atomic E-state index is 12.3. The summed E-state index contributed by atoms with van der Waals surface area (Å²) in [5.74, 6) is -0.355. The lowest BCUT2D eigenvalue weighted by Crippen LogP contribution is -2.45. The summed E-state index contributed by atoms with van der Waals surface area (Å²) in [6.45, 7) is 1.50. The van der Waals surface area contributed by atoms with Crippen LogP contribution in [0.5, 0.6) is 0 Å². The number of benzene rings is 1. The fourth-order valence-electron chi connectivity index (χ4n) is 2.93. The van der Waals surface area contributed by atoms with Crippen LogP contribution in [0.3, 0.4) is 0 Å². The maximum absolute atomic E-state index is 12.3. The summed E-state index contributed by atoms with van der Waals surface area (Å²) in [4.78, 5) is 39.1. The molecule has 7 heteroatoms. The molecule has 1 aromatic carbocycles. The number of hydrogen-bond donors (Lipinski definition) is 1. The molecule has 2 fully saturated rings. The number of carbonyl (C=O) groups is 3. The summed E-state index contributed by atoms with van der Waals surface area (Å²) in [5, 5.41) is 2.58. The summed E-state index contributed by atoms with van der Waals surface area (Å²) in [5.41, 5.74) is 1.47. The zero-order valence-corrected chi connectivity index (χ0v) is 12.9. The number of hydrogen-bond acceptors (Lipinski definition) is 4. The summed E-state index contributed by atoms with van der Waals surface area (Å²) in [6, 6.07) is 6.46. The monoisotopic (exact) mass is 317 g/mol. The number of nitrogens with zero attached hydrogens (tertiary/aromatic N) is 2. The Balaban J connectivity index is 1.67. The molecule has 122 valence electrons. The molecule has 2 saturated heterocycles. The lowest BCUT2D eigenvalue weighted by Gasteiger charge is -2.26. The van der Waals surface area contributed by atoms with Gasteiger partial charge in [0, 0.05) is 25.7 Å². The van der Waals surface area contributed by atoms with Gasteiger partial charge in [-0.05, 0) is 24.1 Å². The van der Waals surface area contributed by atoms with Crippen molar-refractivity contribution < 1.29 is 19.1 Å². The van der Waals surface area contributed by atoms with Crippen LogP contribution in [0.25, 0.3) is 0 Å². The van der Waals surface area contributed by atoms with Crippen molar-refractivity contribution in [2.24, 2.45) is 0 Å². The highest BCUT2D eigenvalue weighted by Crippen LogP contribution is 2.21. The Kier molecular flexibility index (Phi) is 4.29. The number of fused-ring (bicyclic) bond motifs is 1. The summed E-state index contributed by atoms with van der Waals surface area (Å²) in [6.07, 6.45) is 0.518. The molecule has 0 bridgehead atoms. The zero-order valence-electron chi connectivity index (χ0n) is 12.9. The third-order valence-corrected chi connectivity index (χ3v) is 4.20. The van der Waals surface area contributed by atoms with Crippen LogP contribution in [-0.2, 0) is 16.0 Å². The number of urea groups is 1. The Morgan fingerprint density at radius 3 is 2.96 bits per heavy atom. The minimum atomic E-state index is -0.478. The zero-order chi connectivity index (χ0) is 16.4. The molecular weight excluding hydrogens is 298 g/mol. The second kappa shape index (κ2) is 6.37. The van der Waals surface area contributed by atoms with E-state index in [0.717, 1.165) is 5.56 Å². The molecule has 0 aromatic heterocycles. The third kappa shape index (κ3) is 2.92. The molecule has 1 aromatic rings. The number of morpholine rings is 1. The smallest absolute Gasteiger partial charge is 0.327 e. The van der Waals surface area contributed by atoms with Crippen molar-refractivity contribution in [3.05, 3.63) is 35.4 Å². The SMILES string of the molecule is CNC(=O)c1cccc(CCN2C(=O)C3COCCN3C2=O)c1. The first kappa shape index (κ1) is 15.5. The number of carbonyl (C=O) groups excluding carboxylic acids is 3. The van der Waals surface area contributed by atoms with E-state index in [2.05, 4.69) is 5.32 Å². The number of imide groups is 1. The molecule has 0 aliphatic carbocycles. The normalized spacial score (nSPS) is 20.7. The van der Waals surface area contributed by atoms with E-state index >= 15 is 0 Å². The van der Waals surface area contributed by atoms with Crippen molar-refractivity contribution in [3.63, 3.8) is 0 Å². The Labute approximate surface area is 134 Å². The molecule has 1 N–H and O–H groups in total. The van der Waals surface area contributed by atoms with Gasteiger partial charge in [0.2, 0.25) is 0 Å². The van der Waals surface area contributed by atoms with Crippen LogP contribution in [0.1, 0.15) is 15.9 Å². The Hall–Kier alpha value is -2.41. The topological polar surface area (TPSA) is 79.0 Å². The second-order valence-corrected chi connectivity index (χ2v) is 5.59. The van der Waals surface area contributed by atoms with Gasteiger partial charge in [-0.1, -0.05) is 12.1 Å². The lowest BCUT2D eigenvalue weighted by molar-refractivity contribution is -0.131. The van der Waals surface area contributed by atoms with Crippen LogP contribution in [-0.4, -0.2) is 67.0 Å². The van der Waals surface area contributed by atoms with Crippen molar-refractivity contribution in [3.8, 4) is 0 Å². The molecular formula is C16H19N3O4. The minimum Gasteiger partial charge on any atom is -0.377 e. The summed E-state index contributed by atoms with van der Waals surface area (Å²) >= 11 is 0. The summed E-state index contributed by atoms with van der Waals surface area (Å²) in [7, 11) is 1.58. The molecule has 3 rings (SSSR count). The molecule has 2 aliphatic rings. The second-order valence-electron chi connectivity index (χ2n) is 5.59. The minimum absolute atomic E-state index is 0.158. The average Bonchev–Trinajstić information content (AvgIpc) is 2.84. The Bertz CT molecular complexity index is 622. The molecule has 1 atom stereocenters. The highest BCUT2D eigenvalue weighted by atomic mass is 16.5. The first-order valence-corrected chi connectivity index (χ1v) is 7.62. The van der Waals surface area contributed by atoms with E-state index in [1.165, 1.54) is 4.90 Å². The Morgan fingerprint density at radius 1 is 1.39 bits per heavy atom. The van der Waals surface area contributed by atoms with Gasteiger partial charge in [-0.3, -0.25) is 14.5 Å². The first-order chi connectivity index (χ1) is 11.1. The highest BCUT2D eigenvalue weighted by Gasteiger charge is 2.46. The number of rotatable bonds is 4. The van der Waals surface area contributed by atoms with Crippen LogP contribution >= 0.6 is 0 Å². The molecule has 0 spiro atoms. The predicted molar refractivity (Wildman–Crippen MR) is 82.0 cm³/mol. The standard InChI is InChI=1S/C16H19N3O4/c1-17-14(20)12-4-2-3-11(9-12)5-6-19-15(21)13-10-23-8-7-18(13)16(19)22/h2-4,9,13H,5-8,10H2,1H3,(H,17,20). The van der Waals surface area contributed by atoms with Gasteiger partial charge in [0.05, 0.1) is 13.2 Å². The third-order valence-electron chi connectivity index (χ3n) is 4.20. The van der Waals surface area contributed by atoms with Crippen LogP contribution in [0.2, 0.25) is 0 Å². The van der Waals surface area contributed by atoms with E-state index in [9.17, 15) is 14.4 Å². The van der Waals surface area contributed by atoms with Gasteiger partial charge < -0.3 is 15.0 Å². The molecule has 0 radical (unpaired) electrons. The quantitative estimate of drug-likeness (QED) is 0.808. The van der Waals surface area contributed by atoms with Gasteiger partial charge in [-0.25, -0.2) is 4.79 Å². The van der Waals surface area contributed by atoms with Crippen molar-refractivity contribution in [2.75, 3.05) is 33.4 Å². The van der Waals surface area contributed by atoms with E-state index < -0.39 is 6.04 Å². The fraction of sp³-hybridized carbons (Fsp3) is 0.438. The molecule has 4 amide bonds. The van der Waals surface area contributed by atoms with Crippen LogP contribution in [0, 0.1) is 0 Å². The van der Waals surface area contributed by atoms with E-state index in [4.69, 9.17) is 4.74 Å². The first-order valence-electron chi connectivity index (χ1n) is 7.62. The Morgan fingerprint density at radius 2 is 2.22 bits per heavy atom. The van der Waals surface area contributed by atoms with Crippen LogP contribution in [0.4, 0.5) is 4.79 Å². The number of nitrogens with one attached hydrogen (secondary N) is 1. The lowest BCUT2D eigenvalue weighted by atomic mass is 10.1. The van der Waals surface area contributed by atoms with Crippen molar-refractivity contribution in [1.82, 2.24) is 15.1 Å². The largest absolute Gasteiger partial charge is 0.377 e. The fourth-order valence-corrected chi connectivity index (χ4v) is 2.93. The highest BCUT2D eigenvalue weighted by molar-refractivity contribution is 6.04. The van der Waals surface area contributed by atoms with E-state index in [-0.39, 0.29) is 24.5 Å². The molecule has 0 saturated carbocycles. The van der Waals surface area contributed by atoms with Gasteiger partial charge >= 0.3 is 6.03 Å². The van der Waals surface area contributed by atoms with Gasteiger partial charge in [0.15, 0.2) is 0 Å². The number of ether oxygens (including phenoxy) is 1. The van der Waals surface area contributed by atoms with Crippen LogP contribution < -0.4 is 5.32 Å². The molecule has 23 heavy (non-hydrogen) atoms. The molecule has 2 aliphatic heterocycles. The predicted octanol–water partition coefficient (Wildman–Crippen LogP) is 0.252. The van der Waals surface area contributed by atoms with E-state index in [1.807, 2.05) is 6.07 Å². The van der Waals surface area contributed by atoms with E-state index in [0.29, 0.717) is 31.7 Å². The van der Waals surface area contributed by atoms with Crippen molar-refractivity contribution in [1.29, 1.82) is 0 Å². The summed E-state index contributed by atoms with van der Waals surface area (Å²) < 4.78 is 5.28. The van der Waals surface area contributed by atoms with Crippen molar-refractivity contribution >= 4 is 17.8 Å². The maximum Gasteiger partial charge on any atom is 0.327 e. The molecule has 1 unspecified atom stereocenters. The number of amides is 4. The van der Waals surface area contributed by atoms with Gasteiger partial charge in [0.25, 0.3) is 11.8 Å². The average molecular weight is 317 g/mol. The van der Waals surface area contributed by atoms with Crippen LogP contribution in [0.15, 0.2) is 24.3 Å². The van der Waals surface area contributed by atoms with Gasteiger partial charge in [-0.2, -0.15) is 0 Å². The van der Waals surface area contributed by atoms with Gasteiger partial charge in [0.1, 0.15) is 6.04 Å². The molecule has 2 heterocycles. The van der Waals surface area contributed by atoms with E-state index in [1.54, 1.807) is 30.1 Å². The molecule has 7 nitrogen and oxygen atoms in total. The van der Waals surface area contributed by atoms with Crippen molar-refractivity contribution in [2.45, 2.75) is 12.5 Å².